The molecule has 1 atom stereocenters. The summed E-state index contributed by atoms with van der Waals surface area (Å²) < 4.78 is 0. The molecule has 5 heteroatoms. The number of aryl methyl sites for hydroxylation is 2. The van der Waals surface area contributed by atoms with E-state index in [0.29, 0.717) is 5.56 Å². The van der Waals surface area contributed by atoms with Gasteiger partial charge in [-0.3, -0.25) is 4.79 Å². The van der Waals surface area contributed by atoms with Crippen LogP contribution in [0.4, 0.5) is 0 Å². The molecule has 1 rings (SSSR count). The lowest BCUT2D eigenvalue weighted by molar-refractivity contribution is -0.141. The number of aliphatic carboxylic acids is 1. The molecule has 0 aromatic heterocycles. The SMILES string of the molecule is CC(=O)NC(Cc1c(C)cc(C)cc1O)C(=O)O. The number of carbonyl (C=O) groups excluding carboxylic acids is 1. The Labute approximate surface area is 105 Å². The summed E-state index contributed by atoms with van der Waals surface area (Å²) in [5.74, 6) is -1.47. The average Bonchev–Trinajstić information content (AvgIpc) is 2.20. The van der Waals surface area contributed by atoms with E-state index in [2.05, 4.69) is 5.32 Å². The molecule has 18 heavy (non-hydrogen) atoms. The lowest BCUT2D eigenvalue weighted by atomic mass is 9.98. The van der Waals surface area contributed by atoms with E-state index in [-0.39, 0.29) is 12.2 Å². The summed E-state index contributed by atoms with van der Waals surface area (Å²) in [6.45, 7) is 4.91. The number of carbonyl (C=O) groups is 2. The highest BCUT2D eigenvalue weighted by Gasteiger charge is 2.21. The second-order valence-corrected chi connectivity index (χ2v) is 4.37. The molecule has 0 heterocycles. The van der Waals surface area contributed by atoms with Crippen molar-refractivity contribution in [3.63, 3.8) is 0 Å². The van der Waals surface area contributed by atoms with Crippen molar-refractivity contribution in [2.45, 2.75) is 33.2 Å². The molecule has 5 nitrogen and oxygen atoms in total. The molecule has 1 unspecified atom stereocenters. The normalized spacial score (nSPS) is 11.9. The number of hydrogen-bond donors (Lipinski definition) is 3. The second-order valence-electron chi connectivity index (χ2n) is 4.37. The van der Waals surface area contributed by atoms with Crippen molar-refractivity contribution >= 4 is 11.9 Å². The number of rotatable bonds is 4. The maximum Gasteiger partial charge on any atom is 0.326 e. The fourth-order valence-corrected chi connectivity index (χ4v) is 1.89. The first-order chi connectivity index (χ1) is 8.31. The average molecular weight is 251 g/mol. The molecule has 3 N–H and O–H groups in total. The van der Waals surface area contributed by atoms with Gasteiger partial charge in [0.1, 0.15) is 11.8 Å². The van der Waals surface area contributed by atoms with Crippen LogP contribution < -0.4 is 5.32 Å². The van der Waals surface area contributed by atoms with Gasteiger partial charge in [0.15, 0.2) is 0 Å². The third kappa shape index (κ3) is 3.48. The topological polar surface area (TPSA) is 86.6 Å². The highest BCUT2D eigenvalue weighted by atomic mass is 16.4. The highest BCUT2D eigenvalue weighted by molar-refractivity contribution is 5.82. The maximum absolute atomic E-state index is 11.0. The number of nitrogens with one attached hydrogen (secondary N) is 1. The van der Waals surface area contributed by atoms with E-state index in [4.69, 9.17) is 5.11 Å². The van der Waals surface area contributed by atoms with Gasteiger partial charge in [-0.25, -0.2) is 4.79 Å². The molecule has 1 amide bonds. The Morgan fingerprint density at radius 1 is 1.33 bits per heavy atom. The summed E-state index contributed by atoms with van der Waals surface area (Å²) in [5.41, 5.74) is 2.26. The Bertz CT molecular complexity index is 459. The largest absolute Gasteiger partial charge is 0.508 e. The molecular formula is C13H17NO4. The Balaban J connectivity index is 3.01. The van der Waals surface area contributed by atoms with Gasteiger partial charge in [0, 0.05) is 13.3 Å². The molecule has 0 spiro atoms. The van der Waals surface area contributed by atoms with Crippen molar-refractivity contribution in [1.82, 2.24) is 5.32 Å². The number of carboxylic acids is 1. The maximum atomic E-state index is 11.0. The Hall–Kier alpha value is -2.04. The van der Waals surface area contributed by atoms with Crippen molar-refractivity contribution in [1.29, 1.82) is 0 Å². The van der Waals surface area contributed by atoms with Crippen LogP contribution in [0.5, 0.6) is 5.75 Å². The minimum Gasteiger partial charge on any atom is -0.508 e. The second kappa shape index (κ2) is 5.53. The zero-order chi connectivity index (χ0) is 13.9. The van der Waals surface area contributed by atoms with E-state index in [9.17, 15) is 14.7 Å². The molecule has 98 valence electrons. The molecule has 1 aromatic carbocycles. The van der Waals surface area contributed by atoms with Gasteiger partial charge in [-0.15, -0.1) is 0 Å². The van der Waals surface area contributed by atoms with Crippen molar-refractivity contribution < 1.29 is 19.8 Å². The minimum absolute atomic E-state index is 0.0594. The van der Waals surface area contributed by atoms with Crippen LogP contribution in [0.15, 0.2) is 12.1 Å². The van der Waals surface area contributed by atoms with E-state index < -0.39 is 17.9 Å². The van der Waals surface area contributed by atoms with Crippen molar-refractivity contribution in [2.75, 3.05) is 0 Å². The number of benzene rings is 1. The van der Waals surface area contributed by atoms with Crippen molar-refractivity contribution in [3.05, 3.63) is 28.8 Å². The van der Waals surface area contributed by atoms with Gasteiger partial charge in [-0.2, -0.15) is 0 Å². The summed E-state index contributed by atoms with van der Waals surface area (Å²) in [6.07, 6.45) is 0.0624. The Morgan fingerprint density at radius 3 is 2.39 bits per heavy atom. The highest BCUT2D eigenvalue weighted by Crippen LogP contribution is 2.24. The Kier molecular flexibility index (Phi) is 4.31. The van der Waals surface area contributed by atoms with E-state index in [1.54, 1.807) is 13.0 Å². The summed E-state index contributed by atoms with van der Waals surface area (Å²) in [6, 6.07) is 2.41. The van der Waals surface area contributed by atoms with E-state index in [1.165, 1.54) is 6.92 Å². The van der Waals surface area contributed by atoms with Crippen LogP contribution in [-0.2, 0) is 16.0 Å². The van der Waals surface area contributed by atoms with Gasteiger partial charge in [0.2, 0.25) is 5.91 Å². The molecule has 0 saturated heterocycles. The molecule has 0 bridgehead atoms. The monoisotopic (exact) mass is 251 g/mol. The first-order valence-electron chi connectivity index (χ1n) is 5.60. The summed E-state index contributed by atoms with van der Waals surface area (Å²) in [7, 11) is 0. The van der Waals surface area contributed by atoms with E-state index >= 15 is 0 Å². The molecule has 0 saturated carbocycles. The molecule has 0 aliphatic rings. The van der Waals surface area contributed by atoms with Gasteiger partial charge >= 0.3 is 5.97 Å². The molecule has 1 aromatic rings. The quantitative estimate of drug-likeness (QED) is 0.749. The summed E-state index contributed by atoms with van der Waals surface area (Å²) in [4.78, 5) is 22.0. The van der Waals surface area contributed by atoms with Crippen molar-refractivity contribution in [2.24, 2.45) is 0 Å². The summed E-state index contributed by atoms with van der Waals surface area (Å²) in [5, 5.41) is 21.2. The predicted octanol–water partition coefficient (Wildman–Crippen LogP) is 1.14. The fourth-order valence-electron chi connectivity index (χ4n) is 1.89. The van der Waals surface area contributed by atoms with Crippen LogP contribution in [0.1, 0.15) is 23.6 Å². The summed E-state index contributed by atoms with van der Waals surface area (Å²) >= 11 is 0. The first-order valence-corrected chi connectivity index (χ1v) is 5.60. The zero-order valence-electron chi connectivity index (χ0n) is 10.7. The smallest absolute Gasteiger partial charge is 0.326 e. The number of phenols is 1. The van der Waals surface area contributed by atoms with Gasteiger partial charge in [0.05, 0.1) is 0 Å². The lowest BCUT2D eigenvalue weighted by Gasteiger charge is -2.16. The number of aromatic hydroxyl groups is 1. The molecule has 0 radical (unpaired) electrons. The third-order valence-corrected chi connectivity index (χ3v) is 2.68. The lowest BCUT2D eigenvalue weighted by Crippen LogP contribution is -2.41. The Morgan fingerprint density at radius 2 is 1.94 bits per heavy atom. The van der Waals surface area contributed by atoms with Crippen LogP contribution >= 0.6 is 0 Å². The first kappa shape index (κ1) is 14.0. The predicted molar refractivity (Wildman–Crippen MR) is 66.5 cm³/mol. The molecule has 0 aliphatic carbocycles. The third-order valence-electron chi connectivity index (χ3n) is 2.68. The van der Waals surface area contributed by atoms with Crippen LogP contribution in [-0.4, -0.2) is 28.1 Å². The van der Waals surface area contributed by atoms with Crippen molar-refractivity contribution in [3.8, 4) is 5.75 Å². The number of phenolic OH excluding ortho intramolecular Hbond substituents is 1. The van der Waals surface area contributed by atoms with Crippen LogP contribution in [0.25, 0.3) is 0 Å². The van der Waals surface area contributed by atoms with Gasteiger partial charge < -0.3 is 15.5 Å². The van der Waals surface area contributed by atoms with Crippen LogP contribution in [0.2, 0.25) is 0 Å². The van der Waals surface area contributed by atoms with Gasteiger partial charge in [-0.05, 0) is 36.6 Å². The fraction of sp³-hybridized carbons (Fsp3) is 0.385. The standard InChI is InChI=1S/C13H17NO4/c1-7-4-8(2)10(12(16)5-7)6-11(13(17)18)14-9(3)15/h4-5,11,16H,6H2,1-3H3,(H,14,15)(H,17,18). The zero-order valence-corrected chi connectivity index (χ0v) is 10.7. The van der Waals surface area contributed by atoms with E-state index in [0.717, 1.165) is 11.1 Å². The van der Waals surface area contributed by atoms with Crippen LogP contribution in [0.3, 0.4) is 0 Å². The van der Waals surface area contributed by atoms with Gasteiger partial charge in [0.25, 0.3) is 0 Å². The number of amides is 1. The number of hydrogen-bond acceptors (Lipinski definition) is 3. The van der Waals surface area contributed by atoms with Gasteiger partial charge in [-0.1, -0.05) is 6.07 Å². The van der Waals surface area contributed by atoms with Crippen LogP contribution in [0, 0.1) is 13.8 Å². The number of carboxylic acid groups (broad SMARTS) is 1. The molecule has 0 aliphatic heterocycles. The minimum atomic E-state index is -1.12. The van der Waals surface area contributed by atoms with E-state index in [1.807, 2.05) is 13.0 Å². The molecule has 0 fully saturated rings. The molecular weight excluding hydrogens is 234 g/mol.